The highest BCUT2D eigenvalue weighted by atomic mass is 16.2. The second-order valence-electron chi connectivity index (χ2n) is 5.60. The average Bonchev–Trinajstić information content (AvgIpc) is 2.67. The van der Waals surface area contributed by atoms with E-state index in [9.17, 15) is 14.4 Å². The minimum atomic E-state index is -0.766. The number of rotatable bonds is 7. The van der Waals surface area contributed by atoms with Gasteiger partial charge in [-0.25, -0.2) is 0 Å². The molecule has 3 amide bonds. The molecule has 7 nitrogen and oxygen atoms in total. The van der Waals surface area contributed by atoms with E-state index in [2.05, 4.69) is 20.9 Å². The van der Waals surface area contributed by atoms with Crippen LogP contribution in [0.2, 0.25) is 0 Å². The first kappa shape index (κ1) is 19.1. The maximum atomic E-state index is 11.9. The van der Waals surface area contributed by atoms with E-state index < -0.39 is 11.8 Å². The van der Waals surface area contributed by atoms with E-state index in [4.69, 9.17) is 0 Å². The van der Waals surface area contributed by atoms with Crippen molar-refractivity contribution >= 4 is 23.4 Å². The molecular weight excluding hydrogens is 332 g/mol. The van der Waals surface area contributed by atoms with Gasteiger partial charge in [-0.15, -0.1) is 0 Å². The molecule has 0 fully saturated rings. The Bertz CT molecular complexity index is 762. The quantitative estimate of drug-likeness (QED) is 0.655. The lowest BCUT2D eigenvalue weighted by Crippen LogP contribution is -2.37. The molecule has 3 N–H and O–H groups in total. The number of anilines is 1. The number of hydrogen-bond donors (Lipinski definition) is 3. The molecule has 1 aromatic carbocycles. The van der Waals surface area contributed by atoms with Crippen LogP contribution in [0.3, 0.4) is 0 Å². The van der Waals surface area contributed by atoms with Crippen LogP contribution in [-0.4, -0.2) is 29.3 Å². The van der Waals surface area contributed by atoms with Crippen LogP contribution in [0.15, 0.2) is 48.8 Å². The number of para-hydroxylation sites is 1. The molecule has 0 unspecified atom stereocenters. The number of carbonyl (C=O) groups is 3. The van der Waals surface area contributed by atoms with Crippen LogP contribution in [0.4, 0.5) is 5.69 Å². The van der Waals surface area contributed by atoms with Crippen molar-refractivity contribution in [1.82, 2.24) is 15.6 Å². The van der Waals surface area contributed by atoms with Crippen LogP contribution >= 0.6 is 0 Å². The summed E-state index contributed by atoms with van der Waals surface area (Å²) < 4.78 is 0. The first-order valence-electron chi connectivity index (χ1n) is 8.43. The highest BCUT2D eigenvalue weighted by molar-refractivity contribution is 6.39. The van der Waals surface area contributed by atoms with Crippen LogP contribution in [0.1, 0.15) is 24.5 Å². The third-order valence-corrected chi connectivity index (χ3v) is 3.73. The first-order valence-corrected chi connectivity index (χ1v) is 8.43. The van der Waals surface area contributed by atoms with E-state index in [0.29, 0.717) is 12.2 Å². The van der Waals surface area contributed by atoms with Crippen LogP contribution < -0.4 is 16.0 Å². The molecule has 26 heavy (non-hydrogen) atoms. The van der Waals surface area contributed by atoms with Gasteiger partial charge >= 0.3 is 11.8 Å². The molecule has 0 aliphatic carbocycles. The SMILES string of the molecule is CCc1ccccc1NC(=O)C(=O)NCCC(=O)NCc1ccncc1. The Hall–Kier alpha value is -3.22. The van der Waals surface area contributed by atoms with E-state index >= 15 is 0 Å². The molecule has 0 aliphatic rings. The van der Waals surface area contributed by atoms with Crippen LogP contribution in [-0.2, 0) is 27.3 Å². The summed E-state index contributed by atoms with van der Waals surface area (Å²) in [4.78, 5) is 39.4. The van der Waals surface area contributed by atoms with E-state index in [1.54, 1.807) is 36.7 Å². The molecule has 0 aliphatic heterocycles. The van der Waals surface area contributed by atoms with Crippen molar-refractivity contribution in [1.29, 1.82) is 0 Å². The maximum Gasteiger partial charge on any atom is 0.313 e. The second-order valence-corrected chi connectivity index (χ2v) is 5.60. The topological polar surface area (TPSA) is 100 Å². The minimum absolute atomic E-state index is 0.0872. The Morgan fingerprint density at radius 2 is 1.69 bits per heavy atom. The van der Waals surface area contributed by atoms with E-state index in [1.807, 2.05) is 19.1 Å². The molecule has 0 atom stereocenters. The summed E-state index contributed by atoms with van der Waals surface area (Å²) in [6.45, 7) is 2.45. The molecule has 1 aromatic heterocycles. The molecule has 0 saturated heterocycles. The molecule has 7 heteroatoms. The number of amides is 3. The number of nitrogens with one attached hydrogen (secondary N) is 3. The third kappa shape index (κ3) is 6.01. The minimum Gasteiger partial charge on any atom is -0.352 e. The van der Waals surface area contributed by atoms with Crippen molar-refractivity contribution < 1.29 is 14.4 Å². The van der Waals surface area contributed by atoms with Crippen LogP contribution in [0.5, 0.6) is 0 Å². The Morgan fingerprint density at radius 3 is 2.42 bits per heavy atom. The molecule has 136 valence electrons. The highest BCUT2D eigenvalue weighted by Gasteiger charge is 2.14. The van der Waals surface area contributed by atoms with Gasteiger partial charge in [-0.05, 0) is 35.7 Å². The second kappa shape index (κ2) is 9.93. The maximum absolute atomic E-state index is 11.9. The van der Waals surface area contributed by atoms with Gasteiger partial charge < -0.3 is 16.0 Å². The van der Waals surface area contributed by atoms with Gasteiger partial charge in [0.2, 0.25) is 5.91 Å². The molecule has 0 radical (unpaired) electrons. The Morgan fingerprint density at radius 1 is 0.962 bits per heavy atom. The largest absolute Gasteiger partial charge is 0.352 e. The standard InChI is InChI=1S/C19H22N4O3/c1-2-15-5-3-4-6-16(15)23-19(26)18(25)21-12-9-17(24)22-13-14-7-10-20-11-8-14/h3-8,10-11H,2,9,12-13H2,1H3,(H,21,25)(H,22,24)(H,23,26). The van der Waals surface area contributed by atoms with Gasteiger partial charge in [-0.2, -0.15) is 0 Å². The zero-order chi connectivity index (χ0) is 18.8. The van der Waals surface area contributed by atoms with Crippen molar-refractivity contribution in [2.75, 3.05) is 11.9 Å². The number of benzene rings is 1. The van der Waals surface area contributed by atoms with Crippen LogP contribution in [0.25, 0.3) is 0 Å². The fourth-order valence-corrected chi connectivity index (χ4v) is 2.29. The number of carbonyl (C=O) groups excluding carboxylic acids is 3. The zero-order valence-electron chi connectivity index (χ0n) is 14.6. The highest BCUT2D eigenvalue weighted by Crippen LogP contribution is 2.15. The van der Waals surface area contributed by atoms with Crippen molar-refractivity contribution in [3.05, 3.63) is 59.9 Å². The summed E-state index contributed by atoms with van der Waals surface area (Å²) in [5.74, 6) is -1.72. The van der Waals surface area contributed by atoms with E-state index in [1.165, 1.54) is 0 Å². The first-order chi connectivity index (χ1) is 12.6. The Labute approximate surface area is 152 Å². The van der Waals surface area contributed by atoms with Gasteiger partial charge in [0.1, 0.15) is 0 Å². The summed E-state index contributed by atoms with van der Waals surface area (Å²) in [6.07, 6.45) is 4.14. The average molecular weight is 354 g/mol. The summed E-state index contributed by atoms with van der Waals surface area (Å²) in [6, 6.07) is 10.9. The number of nitrogens with zero attached hydrogens (tertiary/aromatic N) is 1. The predicted octanol–water partition coefficient (Wildman–Crippen LogP) is 1.41. The molecule has 0 spiro atoms. The van der Waals surface area contributed by atoms with Crippen molar-refractivity contribution in [3.8, 4) is 0 Å². The van der Waals surface area contributed by atoms with Crippen molar-refractivity contribution in [3.63, 3.8) is 0 Å². The third-order valence-electron chi connectivity index (χ3n) is 3.73. The summed E-state index contributed by atoms with van der Waals surface area (Å²) in [5, 5.41) is 7.77. The normalized spacial score (nSPS) is 10.0. The fraction of sp³-hybridized carbons (Fsp3) is 0.263. The lowest BCUT2D eigenvalue weighted by molar-refractivity contribution is -0.136. The number of hydrogen-bond acceptors (Lipinski definition) is 4. The van der Waals surface area contributed by atoms with Gasteiger partial charge in [0.15, 0.2) is 0 Å². The van der Waals surface area contributed by atoms with Crippen LogP contribution in [0, 0.1) is 0 Å². The molecule has 1 heterocycles. The summed E-state index contributed by atoms with van der Waals surface area (Å²) in [5.41, 5.74) is 2.50. The fourth-order valence-electron chi connectivity index (χ4n) is 2.29. The monoisotopic (exact) mass is 354 g/mol. The molecule has 2 aromatic rings. The Balaban J connectivity index is 1.70. The number of aryl methyl sites for hydroxylation is 1. The van der Waals surface area contributed by atoms with Gasteiger partial charge in [-0.3, -0.25) is 19.4 Å². The smallest absolute Gasteiger partial charge is 0.313 e. The van der Waals surface area contributed by atoms with Crippen molar-refractivity contribution in [2.24, 2.45) is 0 Å². The van der Waals surface area contributed by atoms with E-state index in [-0.39, 0.29) is 18.9 Å². The van der Waals surface area contributed by atoms with E-state index in [0.717, 1.165) is 17.5 Å². The number of pyridine rings is 1. The molecule has 2 rings (SSSR count). The van der Waals surface area contributed by atoms with Gasteiger partial charge in [0.05, 0.1) is 0 Å². The molecule has 0 saturated carbocycles. The predicted molar refractivity (Wildman–Crippen MR) is 98.2 cm³/mol. The summed E-state index contributed by atoms with van der Waals surface area (Å²) in [7, 11) is 0. The molecule has 0 bridgehead atoms. The molecular formula is C19H22N4O3. The zero-order valence-corrected chi connectivity index (χ0v) is 14.6. The van der Waals surface area contributed by atoms with Gasteiger partial charge in [0, 0.05) is 37.6 Å². The lowest BCUT2D eigenvalue weighted by Gasteiger charge is -2.10. The number of aromatic nitrogens is 1. The van der Waals surface area contributed by atoms with Crippen molar-refractivity contribution in [2.45, 2.75) is 26.3 Å². The lowest BCUT2D eigenvalue weighted by atomic mass is 10.1. The summed E-state index contributed by atoms with van der Waals surface area (Å²) >= 11 is 0. The van der Waals surface area contributed by atoms with Gasteiger partial charge in [0.25, 0.3) is 0 Å². The Kier molecular flexibility index (Phi) is 7.30. The van der Waals surface area contributed by atoms with Gasteiger partial charge in [-0.1, -0.05) is 25.1 Å².